The van der Waals surface area contributed by atoms with Crippen molar-refractivity contribution in [3.8, 4) is 11.1 Å². The molecule has 0 spiro atoms. The largest absolute Gasteiger partial charge is 0.334 e. The first kappa shape index (κ1) is 16.6. The molecule has 2 aromatic carbocycles. The zero-order valence-corrected chi connectivity index (χ0v) is 14.6. The van der Waals surface area contributed by atoms with E-state index in [2.05, 4.69) is 5.32 Å². The van der Waals surface area contributed by atoms with E-state index in [0.717, 1.165) is 11.1 Å². The predicted molar refractivity (Wildman–Crippen MR) is 96.8 cm³/mol. The topological polar surface area (TPSA) is 69.7 Å². The normalized spacial score (nSPS) is 17.3. The molecule has 0 radical (unpaired) electrons. The molecule has 0 unspecified atom stereocenters. The summed E-state index contributed by atoms with van der Waals surface area (Å²) >= 11 is 6.02. The Morgan fingerprint density at radius 3 is 2.38 bits per heavy atom. The van der Waals surface area contributed by atoms with Gasteiger partial charge in [-0.25, -0.2) is 4.79 Å². The molecule has 2 heterocycles. The van der Waals surface area contributed by atoms with Gasteiger partial charge in [-0.15, -0.1) is 0 Å². The fourth-order valence-corrected chi connectivity index (χ4v) is 3.43. The highest BCUT2D eigenvalue weighted by Gasteiger charge is 2.43. The fourth-order valence-electron chi connectivity index (χ4n) is 3.24. The number of rotatable bonds is 3. The Bertz CT molecular complexity index is 875. The van der Waals surface area contributed by atoms with E-state index in [4.69, 9.17) is 11.6 Å². The Labute approximate surface area is 155 Å². The van der Waals surface area contributed by atoms with Crippen molar-refractivity contribution in [2.45, 2.75) is 6.04 Å². The van der Waals surface area contributed by atoms with Gasteiger partial charge >= 0.3 is 6.03 Å². The van der Waals surface area contributed by atoms with Crippen LogP contribution >= 0.6 is 11.6 Å². The average molecular weight is 370 g/mol. The van der Waals surface area contributed by atoms with Gasteiger partial charge in [0.2, 0.25) is 5.91 Å². The van der Waals surface area contributed by atoms with Gasteiger partial charge in [-0.3, -0.25) is 14.5 Å². The third kappa shape index (κ3) is 2.93. The molecule has 7 heteroatoms. The van der Waals surface area contributed by atoms with Crippen LogP contribution in [0.15, 0.2) is 48.5 Å². The van der Waals surface area contributed by atoms with Gasteiger partial charge in [-0.05, 0) is 35.4 Å². The molecule has 26 heavy (non-hydrogen) atoms. The number of carbonyl (C=O) groups excluding carboxylic acids is 3. The lowest BCUT2D eigenvalue weighted by Gasteiger charge is -2.42. The lowest BCUT2D eigenvalue weighted by atomic mass is 10.0. The second kappa shape index (κ2) is 6.46. The molecule has 0 saturated carbocycles. The number of likely N-dealkylation sites (tertiary alicyclic amines) is 1. The summed E-state index contributed by atoms with van der Waals surface area (Å²) in [5.74, 6) is -0.344. The third-order valence-electron chi connectivity index (χ3n) is 4.68. The highest BCUT2D eigenvalue weighted by atomic mass is 35.5. The molecule has 132 valence electrons. The maximum absolute atomic E-state index is 12.6. The van der Waals surface area contributed by atoms with Crippen molar-refractivity contribution in [1.82, 2.24) is 15.1 Å². The van der Waals surface area contributed by atoms with E-state index >= 15 is 0 Å². The van der Waals surface area contributed by atoms with E-state index in [9.17, 15) is 14.4 Å². The molecule has 2 aliphatic heterocycles. The number of amides is 4. The SMILES string of the molecule is O=C(c1ccc(-c2cccc(Cl)c2)cc1)N1CC(N2C(=O)CNC2=O)C1. The lowest BCUT2D eigenvalue weighted by Crippen LogP contribution is -2.62. The minimum Gasteiger partial charge on any atom is -0.334 e. The lowest BCUT2D eigenvalue weighted by molar-refractivity contribution is -0.128. The number of carbonyl (C=O) groups is 3. The first-order valence-electron chi connectivity index (χ1n) is 8.28. The van der Waals surface area contributed by atoms with Gasteiger partial charge in [0.15, 0.2) is 0 Å². The second-order valence-corrected chi connectivity index (χ2v) is 6.81. The number of imide groups is 1. The molecule has 1 N–H and O–H groups in total. The Morgan fingerprint density at radius 1 is 1.04 bits per heavy atom. The first-order valence-corrected chi connectivity index (χ1v) is 8.66. The van der Waals surface area contributed by atoms with Gasteiger partial charge in [0.25, 0.3) is 5.91 Å². The van der Waals surface area contributed by atoms with Crippen LogP contribution in [0.2, 0.25) is 5.02 Å². The number of benzene rings is 2. The zero-order valence-electron chi connectivity index (χ0n) is 13.8. The summed E-state index contributed by atoms with van der Waals surface area (Å²) < 4.78 is 0. The summed E-state index contributed by atoms with van der Waals surface area (Å²) in [4.78, 5) is 38.7. The molecular formula is C19H16ClN3O3. The maximum atomic E-state index is 12.6. The van der Waals surface area contributed by atoms with Crippen molar-refractivity contribution in [3.05, 3.63) is 59.1 Å². The van der Waals surface area contributed by atoms with Gasteiger partial charge < -0.3 is 10.2 Å². The number of nitrogens with one attached hydrogen (secondary N) is 1. The van der Waals surface area contributed by atoms with Crippen LogP contribution in [-0.4, -0.2) is 53.3 Å². The monoisotopic (exact) mass is 369 g/mol. The molecular weight excluding hydrogens is 354 g/mol. The van der Waals surface area contributed by atoms with Gasteiger partial charge in [-0.1, -0.05) is 35.9 Å². The maximum Gasteiger partial charge on any atom is 0.324 e. The quantitative estimate of drug-likeness (QED) is 0.844. The smallest absolute Gasteiger partial charge is 0.324 e. The molecule has 0 bridgehead atoms. The molecule has 6 nitrogen and oxygen atoms in total. The van der Waals surface area contributed by atoms with Crippen LogP contribution in [0, 0.1) is 0 Å². The van der Waals surface area contributed by atoms with E-state index < -0.39 is 0 Å². The molecule has 0 aliphatic carbocycles. The van der Waals surface area contributed by atoms with Crippen LogP contribution in [0.1, 0.15) is 10.4 Å². The van der Waals surface area contributed by atoms with Crippen LogP contribution in [0.3, 0.4) is 0 Å². The first-order chi connectivity index (χ1) is 12.5. The van der Waals surface area contributed by atoms with E-state index in [-0.39, 0.29) is 30.4 Å². The highest BCUT2D eigenvalue weighted by Crippen LogP contribution is 2.25. The van der Waals surface area contributed by atoms with Gasteiger partial charge in [-0.2, -0.15) is 0 Å². The molecule has 2 aliphatic rings. The predicted octanol–water partition coefficient (Wildman–Crippen LogP) is 2.38. The van der Waals surface area contributed by atoms with Crippen molar-refractivity contribution in [3.63, 3.8) is 0 Å². The number of hydrogen-bond donors (Lipinski definition) is 1. The molecule has 4 amide bonds. The number of urea groups is 1. The third-order valence-corrected chi connectivity index (χ3v) is 4.92. The summed E-state index contributed by atoms with van der Waals surface area (Å²) in [5, 5.41) is 3.16. The average Bonchev–Trinajstić information content (AvgIpc) is 2.93. The summed E-state index contributed by atoms with van der Waals surface area (Å²) in [7, 11) is 0. The standard InChI is InChI=1S/C19H16ClN3O3/c20-15-3-1-2-14(8-15)12-4-6-13(7-5-12)18(25)22-10-16(11-22)23-17(24)9-21-19(23)26/h1-8,16H,9-11H2,(H,21,26). The fraction of sp³-hybridized carbons (Fsp3) is 0.211. The minimum atomic E-state index is -0.377. The number of hydrogen-bond acceptors (Lipinski definition) is 3. The molecule has 4 rings (SSSR count). The van der Waals surface area contributed by atoms with Crippen molar-refractivity contribution in [2.75, 3.05) is 19.6 Å². The van der Waals surface area contributed by atoms with Crippen LogP contribution in [-0.2, 0) is 4.79 Å². The van der Waals surface area contributed by atoms with E-state index in [1.54, 1.807) is 17.0 Å². The van der Waals surface area contributed by atoms with Crippen LogP contribution in [0.4, 0.5) is 4.79 Å². The summed E-state index contributed by atoms with van der Waals surface area (Å²) in [6.07, 6.45) is 0. The summed E-state index contributed by atoms with van der Waals surface area (Å²) in [6, 6.07) is 14.2. The molecule has 2 saturated heterocycles. The van der Waals surface area contributed by atoms with Crippen molar-refractivity contribution in [2.24, 2.45) is 0 Å². The second-order valence-electron chi connectivity index (χ2n) is 6.37. The van der Waals surface area contributed by atoms with Gasteiger partial charge in [0.1, 0.15) is 0 Å². The summed E-state index contributed by atoms with van der Waals surface area (Å²) in [6.45, 7) is 0.774. The highest BCUT2D eigenvalue weighted by molar-refractivity contribution is 6.30. The Hall–Kier alpha value is -2.86. The van der Waals surface area contributed by atoms with Crippen molar-refractivity contribution < 1.29 is 14.4 Å². The van der Waals surface area contributed by atoms with E-state index in [1.807, 2.05) is 36.4 Å². The van der Waals surface area contributed by atoms with Crippen LogP contribution in [0.5, 0.6) is 0 Å². The summed E-state index contributed by atoms with van der Waals surface area (Å²) in [5.41, 5.74) is 2.54. The Balaban J connectivity index is 1.42. The Kier molecular flexibility index (Phi) is 4.12. The minimum absolute atomic E-state index is 0.0360. The zero-order chi connectivity index (χ0) is 18.3. The van der Waals surface area contributed by atoms with Crippen molar-refractivity contribution >= 4 is 29.4 Å². The molecule has 0 aromatic heterocycles. The van der Waals surface area contributed by atoms with Crippen LogP contribution < -0.4 is 5.32 Å². The van der Waals surface area contributed by atoms with Crippen LogP contribution in [0.25, 0.3) is 11.1 Å². The van der Waals surface area contributed by atoms with E-state index in [1.165, 1.54) is 4.90 Å². The number of nitrogens with zero attached hydrogens (tertiary/aromatic N) is 2. The molecule has 0 atom stereocenters. The van der Waals surface area contributed by atoms with Crippen molar-refractivity contribution in [1.29, 1.82) is 0 Å². The molecule has 2 aromatic rings. The van der Waals surface area contributed by atoms with Gasteiger partial charge in [0, 0.05) is 23.7 Å². The van der Waals surface area contributed by atoms with Gasteiger partial charge in [0.05, 0.1) is 12.6 Å². The Morgan fingerprint density at radius 2 is 1.77 bits per heavy atom. The molecule has 2 fully saturated rings. The number of halogens is 1. The van der Waals surface area contributed by atoms with E-state index in [0.29, 0.717) is 23.7 Å².